The topological polar surface area (TPSA) is 83.0 Å². The standard InChI is InChI=1S/C12H8Cl2N2O3/c1-5-8(12(18)19)11(17)16-10(15-5)6-3-2-4-7(13)9(6)14/h2-4H,1H3,(H,18,19)(H,15,16,17). The number of benzene rings is 1. The highest BCUT2D eigenvalue weighted by Crippen LogP contribution is 2.31. The van der Waals surface area contributed by atoms with E-state index in [1.807, 2.05) is 0 Å². The zero-order valence-electron chi connectivity index (χ0n) is 9.70. The van der Waals surface area contributed by atoms with Gasteiger partial charge in [-0.15, -0.1) is 0 Å². The summed E-state index contributed by atoms with van der Waals surface area (Å²) >= 11 is 11.9. The molecule has 5 nitrogen and oxygen atoms in total. The molecule has 0 saturated heterocycles. The van der Waals surface area contributed by atoms with Crippen LogP contribution in [0.3, 0.4) is 0 Å². The molecule has 7 heteroatoms. The molecule has 0 spiro atoms. The van der Waals surface area contributed by atoms with E-state index in [9.17, 15) is 9.59 Å². The quantitative estimate of drug-likeness (QED) is 0.893. The van der Waals surface area contributed by atoms with Crippen LogP contribution in [0.4, 0.5) is 0 Å². The summed E-state index contributed by atoms with van der Waals surface area (Å²) in [6.45, 7) is 1.45. The predicted octanol–water partition coefficient (Wildman–Crippen LogP) is 2.75. The second kappa shape index (κ2) is 5.03. The van der Waals surface area contributed by atoms with E-state index in [1.54, 1.807) is 18.2 Å². The maximum absolute atomic E-state index is 11.7. The van der Waals surface area contributed by atoms with E-state index in [2.05, 4.69) is 9.97 Å². The number of carbonyl (C=O) groups is 1. The van der Waals surface area contributed by atoms with E-state index < -0.39 is 11.5 Å². The second-order valence-corrected chi connectivity index (χ2v) is 4.57. The summed E-state index contributed by atoms with van der Waals surface area (Å²) in [5, 5.41) is 9.47. The van der Waals surface area contributed by atoms with Crippen LogP contribution in [0.15, 0.2) is 23.0 Å². The third kappa shape index (κ3) is 2.47. The normalized spacial score (nSPS) is 10.5. The number of aromatic nitrogens is 2. The van der Waals surface area contributed by atoms with Crippen LogP contribution in [-0.2, 0) is 0 Å². The van der Waals surface area contributed by atoms with E-state index in [1.165, 1.54) is 6.92 Å². The summed E-state index contributed by atoms with van der Waals surface area (Å²) in [6, 6.07) is 4.89. The van der Waals surface area contributed by atoms with Crippen LogP contribution in [0.25, 0.3) is 11.4 Å². The Bertz CT molecular complexity index is 725. The van der Waals surface area contributed by atoms with Crippen molar-refractivity contribution in [3.05, 3.63) is 49.9 Å². The van der Waals surface area contributed by atoms with Crippen molar-refractivity contribution in [1.29, 1.82) is 0 Å². The molecule has 0 atom stereocenters. The summed E-state index contributed by atoms with van der Waals surface area (Å²) in [5.74, 6) is -1.14. The summed E-state index contributed by atoms with van der Waals surface area (Å²) in [6.07, 6.45) is 0. The molecule has 1 aromatic carbocycles. The van der Waals surface area contributed by atoms with Crippen LogP contribution < -0.4 is 5.56 Å². The first-order chi connectivity index (χ1) is 8.91. The summed E-state index contributed by atoms with van der Waals surface area (Å²) in [5.41, 5.74) is -0.568. The predicted molar refractivity (Wildman–Crippen MR) is 72.0 cm³/mol. The Hall–Kier alpha value is -1.85. The lowest BCUT2D eigenvalue weighted by molar-refractivity contribution is 0.0693. The number of halogens is 2. The molecule has 0 saturated carbocycles. The molecule has 0 aliphatic carbocycles. The molecule has 1 heterocycles. The van der Waals surface area contributed by atoms with Gasteiger partial charge in [0, 0.05) is 5.56 Å². The number of aromatic carboxylic acids is 1. The van der Waals surface area contributed by atoms with Gasteiger partial charge in [-0.25, -0.2) is 9.78 Å². The number of H-pyrrole nitrogens is 1. The second-order valence-electron chi connectivity index (χ2n) is 3.78. The fourth-order valence-electron chi connectivity index (χ4n) is 1.65. The van der Waals surface area contributed by atoms with Gasteiger partial charge in [0.15, 0.2) is 0 Å². The number of hydrogen-bond donors (Lipinski definition) is 2. The third-order valence-corrected chi connectivity index (χ3v) is 3.34. The maximum atomic E-state index is 11.7. The van der Waals surface area contributed by atoms with Gasteiger partial charge >= 0.3 is 5.97 Å². The molecule has 2 N–H and O–H groups in total. The Kier molecular flexibility index (Phi) is 3.59. The van der Waals surface area contributed by atoms with Crippen LogP contribution in [0.2, 0.25) is 10.0 Å². The summed E-state index contributed by atoms with van der Waals surface area (Å²) < 4.78 is 0. The Labute approximate surface area is 117 Å². The van der Waals surface area contributed by atoms with Crippen LogP contribution in [0.1, 0.15) is 16.1 Å². The fourth-order valence-corrected chi connectivity index (χ4v) is 2.04. The van der Waals surface area contributed by atoms with E-state index in [-0.39, 0.29) is 22.1 Å². The summed E-state index contributed by atoms with van der Waals surface area (Å²) in [4.78, 5) is 29.1. The molecule has 0 unspecified atom stereocenters. The van der Waals surface area contributed by atoms with Gasteiger partial charge in [0.25, 0.3) is 5.56 Å². The molecule has 0 amide bonds. The molecular formula is C12H8Cl2N2O3. The SMILES string of the molecule is Cc1nc(-c2cccc(Cl)c2Cl)[nH]c(=O)c1C(=O)O. The highest BCUT2D eigenvalue weighted by atomic mass is 35.5. The van der Waals surface area contributed by atoms with Gasteiger partial charge in [-0.3, -0.25) is 4.79 Å². The number of nitrogens with zero attached hydrogens (tertiary/aromatic N) is 1. The minimum Gasteiger partial charge on any atom is -0.477 e. The van der Waals surface area contributed by atoms with Crippen LogP contribution in [0, 0.1) is 6.92 Å². The fraction of sp³-hybridized carbons (Fsp3) is 0.0833. The average molecular weight is 299 g/mol. The Morgan fingerprint density at radius 1 is 1.37 bits per heavy atom. The van der Waals surface area contributed by atoms with Crippen molar-refractivity contribution in [3.63, 3.8) is 0 Å². The average Bonchev–Trinajstić information content (AvgIpc) is 2.31. The lowest BCUT2D eigenvalue weighted by Gasteiger charge is -2.07. The van der Waals surface area contributed by atoms with E-state index in [0.29, 0.717) is 10.6 Å². The van der Waals surface area contributed by atoms with Gasteiger partial charge in [-0.05, 0) is 19.1 Å². The maximum Gasteiger partial charge on any atom is 0.343 e. The van der Waals surface area contributed by atoms with Crippen molar-refractivity contribution in [2.45, 2.75) is 6.92 Å². The minimum atomic E-state index is -1.32. The molecule has 0 radical (unpaired) electrons. The molecule has 0 aliphatic heterocycles. The van der Waals surface area contributed by atoms with Crippen molar-refractivity contribution in [2.24, 2.45) is 0 Å². The summed E-state index contributed by atoms with van der Waals surface area (Å²) in [7, 11) is 0. The van der Waals surface area contributed by atoms with Gasteiger partial charge in [0.2, 0.25) is 0 Å². The Morgan fingerprint density at radius 2 is 2.05 bits per heavy atom. The number of rotatable bonds is 2. The number of nitrogens with one attached hydrogen (secondary N) is 1. The molecule has 1 aromatic heterocycles. The zero-order chi connectivity index (χ0) is 14.2. The van der Waals surface area contributed by atoms with Crippen molar-refractivity contribution in [3.8, 4) is 11.4 Å². The van der Waals surface area contributed by atoms with Crippen LogP contribution in [-0.4, -0.2) is 21.0 Å². The lowest BCUT2D eigenvalue weighted by Crippen LogP contribution is -2.21. The molecule has 2 rings (SSSR count). The van der Waals surface area contributed by atoms with Gasteiger partial charge in [0.1, 0.15) is 11.4 Å². The molecule has 0 aliphatic rings. The first-order valence-electron chi connectivity index (χ1n) is 5.20. The third-order valence-electron chi connectivity index (χ3n) is 2.52. The zero-order valence-corrected chi connectivity index (χ0v) is 11.2. The van der Waals surface area contributed by atoms with Crippen molar-refractivity contribution in [2.75, 3.05) is 0 Å². The number of aryl methyl sites for hydroxylation is 1. The number of aromatic amines is 1. The van der Waals surface area contributed by atoms with Gasteiger partial charge in [0.05, 0.1) is 15.7 Å². The molecule has 0 fully saturated rings. The highest BCUT2D eigenvalue weighted by molar-refractivity contribution is 6.43. The number of carboxylic acids is 1. The smallest absolute Gasteiger partial charge is 0.343 e. The van der Waals surface area contributed by atoms with Gasteiger partial charge < -0.3 is 10.1 Å². The van der Waals surface area contributed by atoms with Crippen LogP contribution in [0.5, 0.6) is 0 Å². The van der Waals surface area contributed by atoms with E-state index in [0.717, 1.165) is 0 Å². The van der Waals surface area contributed by atoms with Gasteiger partial charge in [-0.1, -0.05) is 29.3 Å². The largest absolute Gasteiger partial charge is 0.477 e. The van der Waals surface area contributed by atoms with E-state index in [4.69, 9.17) is 28.3 Å². The number of hydrogen-bond acceptors (Lipinski definition) is 3. The molecule has 0 bridgehead atoms. The highest BCUT2D eigenvalue weighted by Gasteiger charge is 2.17. The first kappa shape index (κ1) is 13.6. The molecular weight excluding hydrogens is 291 g/mol. The van der Waals surface area contributed by atoms with Crippen molar-refractivity contribution in [1.82, 2.24) is 9.97 Å². The molecule has 98 valence electrons. The van der Waals surface area contributed by atoms with Gasteiger partial charge in [-0.2, -0.15) is 0 Å². The van der Waals surface area contributed by atoms with Crippen molar-refractivity contribution < 1.29 is 9.90 Å². The number of carboxylic acid groups (broad SMARTS) is 1. The van der Waals surface area contributed by atoms with Crippen molar-refractivity contribution >= 4 is 29.2 Å². The molecule has 2 aromatic rings. The lowest BCUT2D eigenvalue weighted by atomic mass is 10.2. The van der Waals surface area contributed by atoms with E-state index >= 15 is 0 Å². The monoisotopic (exact) mass is 298 g/mol. The van der Waals surface area contributed by atoms with Crippen LogP contribution >= 0.6 is 23.2 Å². The first-order valence-corrected chi connectivity index (χ1v) is 5.96. The Morgan fingerprint density at radius 3 is 2.63 bits per heavy atom. The minimum absolute atomic E-state index is 0.113. The Balaban J connectivity index is 2.69. The molecule has 19 heavy (non-hydrogen) atoms.